The quantitative estimate of drug-likeness (QED) is 0.104. The van der Waals surface area contributed by atoms with Crippen LogP contribution in [0.15, 0.2) is 170 Å². The van der Waals surface area contributed by atoms with Crippen LogP contribution in [-0.2, 0) is 47.9 Å². The molecule has 0 saturated heterocycles. The van der Waals surface area contributed by atoms with Gasteiger partial charge in [0.1, 0.15) is 11.5 Å². The molecule has 9 heteroatoms. The summed E-state index contributed by atoms with van der Waals surface area (Å²) in [5, 5.41) is 50.5. The second-order valence-corrected chi connectivity index (χ2v) is 27.3. The Labute approximate surface area is 544 Å². The Balaban J connectivity index is 0.000000300. The van der Waals surface area contributed by atoms with Crippen molar-refractivity contribution in [3.63, 3.8) is 0 Å². The van der Waals surface area contributed by atoms with E-state index in [-0.39, 0.29) is 59.4 Å². The number of phenols is 2. The number of hydrogen-bond acceptors (Lipinski definition) is 8. The van der Waals surface area contributed by atoms with Crippen LogP contribution < -0.4 is 20.0 Å². The predicted molar refractivity (Wildman–Crippen MR) is 365 cm³/mol. The van der Waals surface area contributed by atoms with Crippen molar-refractivity contribution in [1.82, 2.24) is 9.80 Å². The number of phenolic OH excluding ortho intramolecular Hbond substituents is 2. The average molecular weight is 1250 g/mol. The molecule has 0 atom stereocenters. The first kappa shape index (κ1) is 72.6. The molecule has 0 saturated carbocycles. The molecule has 0 heterocycles. The third-order valence-corrected chi connectivity index (χ3v) is 14.9. The number of para-hydroxylation sites is 4. The summed E-state index contributed by atoms with van der Waals surface area (Å²) in [4.78, 5) is 8.65. The Morgan fingerprint density at radius 1 is 0.356 bits per heavy atom. The standard InChI is InChI=1S/2C32H44N2O2.2C7H7.Zr/c2*1-22-20-26(32(5,6)7)30(36)28(21-22)34(19-13-18-33(8)9)27-17-11-10-14-23(27)24-15-12-16-25(29(24)35)31(2,3)4;2*1-7-5-3-2-4-6-7;/h2*10-12,14-17,20-21,35-36H,13,18-19H2,1-9H3;2*2-6H,1H2;/q;;2*-1;+4/p-2. The van der Waals surface area contributed by atoms with Gasteiger partial charge in [-0.2, -0.15) is 49.2 Å². The fourth-order valence-corrected chi connectivity index (χ4v) is 10.4. The Bertz CT molecular complexity index is 3190. The summed E-state index contributed by atoms with van der Waals surface area (Å²) in [6.07, 6.45) is 1.79. The fraction of sp³-hybridized carbons (Fsp3) is 0.359. The molecule has 87 heavy (non-hydrogen) atoms. The van der Waals surface area contributed by atoms with E-state index in [0.29, 0.717) is 36.0 Å². The van der Waals surface area contributed by atoms with Gasteiger partial charge in [-0.3, -0.25) is 0 Å². The molecule has 0 fully saturated rings. The molecule has 8 aromatic carbocycles. The van der Waals surface area contributed by atoms with Crippen molar-refractivity contribution in [3.05, 3.63) is 228 Å². The topological polar surface area (TPSA) is 99.5 Å². The molecule has 0 aliphatic carbocycles. The van der Waals surface area contributed by atoms with Crippen LogP contribution in [0.1, 0.15) is 140 Å². The molecule has 8 aromatic rings. The number of benzene rings is 8. The number of nitrogens with zero attached hydrogens (tertiary/aromatic N) is 4. The van der Waals surface area contributed by atoms with Crippen molar-refractivity contribution >= 4 is 22.7 Å². The molecule has 8 nitrogen and oxygen atoms in total. The molecule has 460 valence electrons. The maximum atomic E-state index is 13.9. The van der Waals surface area contributed by atoms with E-state index in [4.69, 9.17) is 0 Å². The van der Waals surface area contributed by atoms with Crippen molar-refractivity contribution in [2.45, 2.75) is 131 Å². The molecule has 0 amide bonds. The molecular weight excluding hydrogens is 1150 g/mol. The Morgan fingerprint density at radius 2 is 0.644 bits per heavy atom. The van der Waals surface area contributed by atoms with Gasteiger partial charge in [0.05, 0.1) is 0 Å². The van der Waals surface area contributed by atoms with Crippen LogP contribution in [0.5, 0.6) is 23.0 Å². The molecule has 0 aliphatic heterocycles. The minimum Gasteiger partial charge on any atom is -0.871 e. The first-order valence-electron chi connectivity index (χ1n) is 30.3. The van der Waals surface area contributed by atoms with Crippen LogP contribution >= 0.6 is 0 Å². The van der Waals surface area contributed by atoms with Gasteiger partial charge in [-0.15, -0.1) is 24.3 Å². The van der Waals surface area contributed by atoms with Gasteiger partial charge in [0.2, 0.25) is 0 Å². The zero-order valence-electron chi connectivity index (χ0n) is 55.8. The largest absolute Gasteiger partial charge is 4.00 e. The smallest absolute Gasteiger partial charge is 0.871 e. The van der Waals surface area contributed by atoms with Crippen molar-refractivity contribution in [2.24, 2.45) is 0 Å². The van der Waals surface area contributed by atoms with Crippen LogP contribution in [0.2, 0.25) is 0 Å². The molecular formula is C78H100N4O4Zr. The van der Waals surface area contributed by atoms with E-state index < -0.39 is 0 Å². The van der Waals surface area contributed by atoms with Crippen LogP contribution in [-0.4, -0.2) is 74.4 Å². The van der Waals surface area contributed by atoms with Gasteiger partial charge in [0.15, 0.2) is 0 Å². The van der Waals surface area contributed by atoms with Crippen molar-refractivity contribution in [3.8, 4) is 45.3 Å². The molecule has 0 unspecified atom stereocenters. The molecule has 0 aromatic heterocycles. The third kappa shape index (κ3) is 20.6. The summed E-state index contributed by atoms with van der Waals surface area (Å²) < 4.78 is 0. The van der Waals surface area contributed by atoms with Crippen LogP contribution in [0, 0.1) is 27.7 Å². The Hall–Kier alpha value is -6.90. The normalized spacial score (nSPS) is 11.5. The van der Waals surface area contributed by atoms with E-state index in [1.165, 1.54) is 0 Å². The van der Waals surface area contributed by atoms with E-state index in [1.54, 1.807) is 0 Å². The second kappa shape index (κ2) is 31.8. The summed E-state index contributed by atoms with van der Waals surface area (Å²) >= 11 is 0. The minimum absolute atomic E-state index is 0. The first-order chi connectivity index (χ1) is 40.2. The van der Waals surface area contributed by atoms with Gasteiger partial charge in [0.25, 0.3) is 0 Å². The summed E-state index contributed by atoms with van der Waals surface area (Å²) in [5.74, 6) is 0.737. The predicted octanol–water partition coefficient (Wildman–Crippen LogP) is 18.0. The van der Waals surface area contributed by atoms with E-state index in [9.17, 15) is 20.4 Å². The summed E-state index contributed by atoms with van der Waals surface area (Å²) in [5.41, 5.74) is 13.5. The van der Waals surface area contributed by atoms with E-state index in [0.717, 1.165) is 104 Å². The van der Waals surface area contributed by atoms with Crippen LogP contribution in [0.25, 0.3) is 22.3 Å². The Kier molecular flexibility index (Phi) is 26.6. The summed E-state index contributed by atoms with van der Waals surface area (Å²) in [6, 6.07) is 56.0. The van der Waals surface area contributed by atoms with Gasteiger partial charge in [-0.05, 0) is 147 Å². The summed E-state index contributed by atoms with van der Waals surface area (Å²) in [7, 11) is 8.27. The molecule has 0 radical (unpaired) electrons. The zero-order valence-corrected chi connectivity index (χ0v) is 58.3. The van der Waals surface area contributed by atoms with Crippen LogP contribution in [0.4, 0.5) is 22.7 Å². The molecule has 0 aliphatic rings. The van der Waals surface area contributed by atoms with E-state index >= 15 is 0 Å². The maximum Gasteiger partial charge on any atom is 4.00 e. The van der Waals surface area contributed by atoms with E-state index in [1.807, 2.05) is 158 Å². The second-order valence-electron chi connectivity index (χ2n) is 27.3. The molecule has 0 bridgehead atoms. The van der Waals surface area contributed by atoms with Crippen LogP contribution in [0.3, 0.4) is 0 Å². The maximum absolute atomic E-state index is 13.9. The van der Waals surface area contributed by atoms with Crippen molar-refractivity contribution in [1.29, 1.82) is 0 Å². The van der Waals surface area contributed by atoms with Gasteiger partial charge >= 0.3 is 26.2 Å². The third-order valence-electron chi connectivity index (χ3n) is 14.9. The van der Waals surface area contributed by atoms with Crippen molar-refractivity contribution < 1.29 is 46.6 Å². The average Bonchev–Trinajstić information content (AvgIpc) is 0.959. The number of aromatic hydroxyl groups is 2. The van der Waals surface area contributed by atoms with Gasteiger partial charge in [-0.25, -0.2) is 0 Å². The molecule has 0 spiro atoms. The van der Waals surface area contributed by atoms with Crippen molar-refractivity contribution in [2.75, 3.05) is 64.2 Å². The SMILES string of the molecule is Cc1cc(N(CCCN(C)C)c2ccccc2-c2cccc(C(C)(C)C)c2O)c([O-])c(C(C)(C)C)c1.Cc1cc(N(CCCN(C)C)c2ccccc2-c2cccc(C(C)(C)C)c2O)c([O-])c(C(C)(C)C)c1.[CH2-]c1ccccc1.[CH2-]c1ccccc1.[Zr+4]. The Morgan fingerprint density at radius 3 is 0.920 bits per heavy atom. The minimum atomic E-state index is -0.258. The van der Waals surface area contributed by atoms with E-state index in [2.05, 4.69) is 171 Å². The monoisotopic (exact) mass is 1250 g/mol. The van der Waals surface area contributed by atoms with Gasteiger partial charge < -0.3 is 40.0 Å². The zero-order chi connectivity index (χ0) is 63.9. The number of rotatable bonds is 14. The summed E-state index contributed by atoms with van der Waals surface area (Å²) in [6.45, 7) is 39.9. The fourth-order valence-electron chi connectivity index (χ4n) is 10.4. The molecule has 2 N–H and O–H groups in total. The number of hydrogen-bond donors (Lipinski definition) is 2. The molecule has 8 rings (SSSR count). The number of anilines is 4. The number of aryl methyl sites for hydroxylation is 2. The first-order valence-corrected chi connectivity index (χ1v) is 30.3. The van der Waals surface area contributed by atoms with Gasteiger partial charge in [-0.1, -0.05) is 192 Å². The van der Waals surface area contributed by atoms with Gasteiger partial charge in [0, 0.05) is 58.1 Å².